The number of nitrogens with zero attached hydrogens (tertiary/aromatic N) is 1. The van der Waals surface area contributed by atoms with Crippen molar-refractivity contribution in [1.29, 1.82) is 0 Å². The monoisotopic (exact) mass is 391 g/mol. The largest absolute Gasteiger partial charge is 0.466 e. The van der Waals surface area contributed by atoms with E-state index in [1.54, 1.807) is 14.2 Å². The van der Waals surface area contributed by atoms with Crippen molar-refractivity contribution < 1.29 is 18.4 Å². The standard InChI is InChI=1S/C18H41NO4Si2/c1-10-23-17(20)13-15-19(24(7,8)18(2,3)4)14-11-12-16-25(9,21-5)22-6/h10-16H2,1-9H3. The molecule has 0 atom stereocenters. The van der Waals surface area contributed by atoms with E-state index in [-0.39, 0.29) is 11.0 Å². The zero-order valence-electron chi connectivity index (χ0n) is 18.0. The molecule has 0 aromatic rings. The Labute approximate surface area is 157 Å². The van der Waals surface area contributed by atoms with Gasteiger partial charge in [0.05, 0.1) is 13.0 Å². The topological polar surface area (TPSA) is 48.0 Å². The Kier molecular flexibility index (Phi) is 10.7. The SMILES string of the molecule is CCOC(=O)CCN(CCCC[Si](C)(OC)OC)[Si](C)(C)C(C)(C)C. The van der Waals surface area contributed by atoms with Crippen LogP contribution in [0.2, 0.25) is 30.7 Å². The zero-order chi connectivity index (χ0) is 19.7. The van der Waals surface area contributed by atoms with Crippen LogP contribution in [0.15, 0.2) is 0 Å². The average Bonchev–Trinajstić information content (AvgIpc) is 2.52. The summed E-state index contributed by atoms with van der Waals surface area (Å²) in [6.45, 7) is 18.0. The van der Waals surface area contributed by atoms with E-state index in [0.29, 0.717) is 13.0 Å². The molecule has 0 unspecified atom stereocenters. The van der Waals surface area contributed by atoms with Crippen molar-refractivity contribution in [2.24, 2.45) is 0 Å². The summed E-state index contributed by atoms with van der Waals surface area (Å²) in [7, 11) is -0.148. The fourth-order valence-corrected chi connectivity index (χ4v) is 6.44. The number of carbonyl (C=O) groups is 1. The average molecular weight is 392 g/mol. The van der Waals surface area contributed by atoms with Gasteiger partial charge in [-0.1, -0.05) is 40.3 Å². The molecule has 0 N–H and O–H groups in total. The first-order valence-electron chi connectivity index (χ1n) is 9.44. The molecule has 150 valence electrons. The molecule has 0 rings (SSSR count). The van der Waals surface area contributed by atoms with E-state index in [1.165, 1.54) is 0 Å². The Morgan fingerprint density at radius 3 is 2.00 bits per heavy atom. The van der Waals surface area contributed by atoms with Gasteiger partial charge in [-0.05, 0) is 37.5 Å². The van der Waals surface area contributed by atoms with Crippen LogP contribution in [-0.2, 0) is 18.4 Å². The molecule has 0 aliphatic rings. The van der Waals surface area contributed by atoms with E-state index >= 15 is 0 Å². The second-order valence-electron chi connectivity index (χ2n) is 8.35. The maximum atomic E-state index is 11.8. The van der Waals surface area contributed by atoms with E-state index in [4.69, 9.17) is 13.6 Å². The van der Waals surface area contributed by atoms with Crippen LogP contribution in [0.3, 0.4) is 0 Å². The summed E-state index contributed by atoms with van der Waals surface area (Å²) < 4.78 is 18.8. The molecule has 5 nitrogen and oxygen atoms in total. The van der Waals surface area contributed by atoms with Crippen molar-refractivity contribution in [2.75, 3.05) is 33.9 Å². The lowest BCUT2D eigenvalue weighted by Crippen LogP contribution is -2.55. The van der Waals surface area contributed by atoms with Crippen LogP contribution in [0.1, 0.15) is 47.0 Å². The lowest BCUT2D eigenvalue weighted by molar-refractivity contribution is -0.143. The predicted octanol–water partition coefficient (Wildman–Crippen LogP) is 4.39. The molecule has 0 radical (unpaired) electrons. The number of esters is 1. The summed E-state index contributed by atoms with van der Waals surface area (Å²) in [5.74, 6) is -0.0926. The van der Waals surface area contributed by atoms with Crippen molar-refractivity contribution in [3.63, 3.8) is 0 Å². The molecular formula is C18H41NO4Si2. The second kappa shape index (κ2) is 10.8. The molecule has 0 amide bonds. The summed E-state index contributed by atoms with van der Waals surface area (Å²) in [4.78, 5) is 11.8. The fraction of sp³-hybridized carbons (Fsp3) is 0.944. The molecule has 0 spiro atoms. The number of hydrogen-bond donors (Lipinski definition) is 0. The van der Waals surface area contributed by atoms with Crippen LogP contribution in [0, 0.1) is 0 Å². The van der Waals surface area contributed by atoms with Crippen LogP contribution in [0.5, 0.6) is 0 Å². The number of ether oxygens (including phenoxy) is 1. The van der Waals surface area contributed by atoms with E-state index < -0.39 is 16.8 Å². The maximum Gasteiger partial charge on any atom is 0.334 e. The highest BCUT2D eigenvalue weighted by Gasteiger charge is 2.40. The van der Waals surface area contributed by atoms with Gasteiger partial charge in [-0.3, -0.25) is 4.79 Å². The van der Waals surface area contributed by atoms with Gasteiger partial charge in [0.2, 0.25) is 0 Å². The third kappa shape index (κ3) is 8.34. The van der Waals surface area contributed by atoms with Gasteiger partial charge in [-0.2, -0.15) is 0 Å². The highest BCUT2D eigenvalue weighted by molar-refractivity contribution is 6.77. The number of rotatable bonds is 12. The van der Waals surface area contributed by atoms with Gasteiger partial charge >= 0.3 is 14.5 Å². The third-order valence-electron chi connectivity index (χ3n) is 5.69. The van der Waals surface area contributed by atoms with Crippen molar-refractivity contribution in [3.8, 4) is 0 Å². The minimum absolute atomic E-state index is 0.0926. The van der Waals surface area contributed by atoms with Crippen molar-refractivity contribution in [1.82, 2.24) is 4.57 Å². The Morgan fingerprint density at radius 2 is 1.56 bits per heavy atom. The number of hydrogen-bond acceptors (Lipinski definition) is 5. The van der Waals surface area contributed by atoms with Crippen LogP contribution in [0.4, 0.5) is 0 Å². The molecule has 0 heterocycles. The molecule has 0 aromatic carbocycles. The Bertz CT molecular complexity index is 393. The van der Waals surface area contributed by atoms with E-state index in [2.05, 4.69) is 45.0 Å². The molecule has 7 heteroatoms. The van der Waals surface area contributed by atoms with Crippen LogP contribution >= 0.6 is 0 Å². The first-order valence-corrected chi connectivity index (χ1v) is 14.9. The first kappa shape index (κ1) is 24.8. The van der Waals surface area contributed by atoms with E-state index in [9.17, 15) is 4.79 Å². The van der Waals surface area contributed by atoms with Gasteiger partial charge in [-0.25, -0.2) is 0 Å². The fourth-order valence-electron chi connectivity index (χ4n) is 2.64. The van der Waals surface area contributed by atoms with E-state index in [0.717, 1.165) is 32.0 Å². The summed E-state index contributed by atoms with van der Waals surface area (Å²) in [6.07, 6.45) is 2.67. The summed E-state index contributed by atoms with van der Waals surface area (Å²) in [6, 6.07) is 1.00. The molecule has 0 aliphatic carbocycles. The maximum absolute atomic E-state index is 11.8. The number of unbranched alkanes of at least 4 members (excludes halogenated alkanes) is 1. The molecule has 0 fully saturated rings. The summed E-state index contributed by atoms with van der Waals surface area (Å²) in [5.41, 5.74) is 0. The van der Waals surface area contributed by atoms with Crippen LogP contribution in [-0.4, -0.2) is 61.2 Å². The van der Waals surface area contributed by atoms with Gasteiger partial charge in [0, 0.05) is 20.8 Å². The van der Waals surface area contributed by atoms with Crippen molar-refractivity contribution in [3.05, 3.63) is 0 Å². The zero-order valence-corrected chi connectivity index (χ0v) is 20.0. The third-order valence-corrected chi connectivity index (χ3v) is 14.4. The second-order valence-corrected chi connectivity index (χ2v) is 17.2. The molecule has 0 aliphatic heterocycles. The lowest BCUT2D eigenvalue weighted by atomic mass is 10.2. The van der Waals surface area contributed by atoms with Gasteiger partial charge in [0.15, 0.2) is 0 Å². The molecular weight excluding hydrogens is 350 g/mol. The van der Waals surface area contributed by atoms with Gasteiger partial charge < -0.3 is 18.2 Å². The molecule has 0 saturated carbocycles. The van der Waals surface area contributed by atoms with Crippen LogP contribution in [0.25, 0.3) is 0 Å². The predicted molar refractivity (Wildman–Crippen MR) is 110 cm³/mol. The Morgan fingerprint density at radius 1 is 1.00 bits per heavy atom. The van der Waals surface area contributed by atoms with Gasteiger partial charge in [0.1, 0.15) is 8.24 Å². The quantitative estimate of drug-likeness (QED) is 0.280. The molecule has 0 saturated heterocycles. The normalized spacial score (nSPS) is 13.4. The van der Waals surface area contributed by atoms with Crippen molar-refractivity contribution >= 4 is 22.8 Å². The molecule has 25 heavy (non-hydrogen) atoms. The Hall–Kier alpha value is -0.216. The van der Waals surface area contributed by atoms with E-state index in [1.807, 2.05) is 6.92 Å². The minimum atomic E-state index is -1.98. The highest BCUT2D eigenvalue weighted by atomic mass is 28.4. The highest BCUT2D eigenvalue weighted by Crippen LogP contribution is 2.38. The van der Waals surface area contributed by atoms with Gasteiger partial charge in [-0.15, -0.1) is 0 Å². The molecule has 0 bridgehead atoms. The minimum Gasteiger partial charge on any atom is -0.466 e. The first-order chi connectivity index (χ1) is 11.4. The van der Waals surface area contributed by atoms with Crippen molar-refractivity contribution in [2.45, 2.75) is 77.7 Å². The van der Waals surface area contributed by atoms with Gasteiger partial charge in [0.25, 0.3) is 0 Å². The Balaban J connectivity index is 4.77. The summed E-state index contributed by atoms with van der Waals surface area (Å²) in [5, 5.41) is 0.254. The number of carbonyl (C=O) groups excluding carboxylic acids is 1. The van der Waals surface area contributed by atoms with Crippen LogP contribution < -0.4 is 0 Å². The lowest BCUT2D eigenvalue weighted by Gasteiger charge is -2.46. The smallest absolute Gasteiger partial charge is 0.334 e. The summed E-state index contributed by atoms with van der Waals surface area (Å²) >= 11 is 0. The molecule has 0 aromatic heterocycles.